The van der Waals surface area contributed by atoms with Crippen molar-refractivity contribution in [2.75, 3.05) is 6.54 Å². The zero-order chi connectivity index (χ0) is 22.2. The third-order valence-electron chi connectivity index (χ3n) is 7.27. The van der Waals surface area contributed by atoms with E-state index in [4.69, 9.17) is 0 Å². The SMILES string of the molecule is Cc1[nH]c(C=C2C(=O)NN=C2c2ccnnc2)c(C2CC2)c1CCCN1C(C)CCC1C. The van der Waals surface area contributed by atoms with E-state index in [1.807, 2.05) is 12.1 Å². The van der Waals surface area contributed by atoms with Crippen LogP contribution in [0.5, 0.6) is 0 Å². The lowest BCUT2D eigenvalue weighted by Gasteiger charge is -2.25. The first-order valence-corrected chi connectivity index (χ1v) is 11.9. The van der Waals surface area contributed by atoms with Crippen LogP contribution in [0.1, 0.15) is 79.9 Å². The monoisotopic (exact) mass is 432 g/mol. The summed E-state index contributed by atoms with van der Waals surface area (Å²) in [6.07, 6.45) is 12.6. The average molecular weight is 433 g/mol. The molecule has 1 saturated heterocycles. The van der Waals surface area contributed by atoms with Crippen LogP contribution in [0, 0.1) is 6.92 Å². The maximum atomic E-state index is 12.6. The Kier molecular flexibility index (Phi) is 5.67. The Hall–Kier alpha value is -2.80. The number of aromatic amines is 1. The van der Waals surface area contributed by atoms with Gasteiger partial charge >= 0.3 is 0 Å². The largest absolute Gasteiger partial charge is 0.359 e. The van der Waals surface area contributed by atoms with Crippen LogP contribution in [0.3, 0.4) is 0 Å². The second-order valence-electron chi connectivity index (χ2n) is 9.54. The summed E-state index contributed by atoms with van der Waals surface area (Å²) >= 11 is 0. The number of aromatic nitrogens is 3. The standard InChI is InChI=1S/C25H32N6O/c1-15-6-7-16(2)31(15)12-4-5-20-17(3)28-22(23(20)18-8-9-18)13-21-24(29-30-25(21)32)19-10-11-26-27-14-19/h10-11,13-16,18,28H,4-9,12H2,1-3H3,(H,30,32). The van der Waals surface area contributed by atoms with E-state index in [1.54, 1.807) is 12.4 Å². The summed E-state index contributed by atoms with van der Waals surface area (Å²) in [7, 11) is 0. The first-order chi connectivity index (χ1) is 15.5. The minimum atomic E-state index is -0.177. The number of carbonyl (C=O) groups is 1. The van der Waals surface area contributed by atoms with Crippen molar-refractivity contribution in [1.82, 2.24) is 25.5 Å². The van der Waals surface area contributed by atoms with Crippen LogP contribution in [-0.2, 0) is 11.2 Å². The fourth-order valence-electron chi connectivity index (χ4n) is 5.38. The maximum absolute atomic E-state index is 12.6. The van der Waals surface area contributed by atoms with E-state index in [-0.39, 0.29) is 5.91 Å². The summed E-state index contributed by atoms with van der Waals surface area (Å²) in [6.45, 7) is 8.03. The molecular weight excluding hydrogens is 400 g/mol. The molecule has 2 fully saturated rings. The molecule has 5 rings (SSSR count). The minimum absolute atomic E-state index is 0.177. The van der Waals surface area contributed by atoms with Gasteiger partial charge < -0.3 is 4.98 Å². The summed E-state index contributed by atoms with van der Waals surface area (Å²) in [5.74, 6) is 0.420. The third kappa shape index (κ3) is 4.01. The van der Waals surface area contributed by atoms with Gasteiger partial charge in [0, 0.05) is 29.0 Å². The van der Waals surface area contributed by atoms with Gasteiger partial charge in [0.15, 0.2) is 0 Å². The highest BCUT2D eigenvalue weighted by atomic mass is 16.2. The number of H-pyrrole nitrogens is 1. The molecule has 0 aromatic carbocycles. The number of hydrogen-bond donors (Lipinski definition) is 2. The van der Waals surface area contributed by atoms with Gasteiger partial charge in [-0.15, -0.1) is 0 Å². The maximum Gasteiger partial charge on any atom is 0.273 e. The molecule has 0 bridgehead atoms. The molecule has 2 aromatic heterocycles. The number of hydrogen-bond acceptors (Lipinski definition) is 5. The number of nitrogens with one attached hydrogen (secondary N) is 2. The van der Waals surface area contributed by atoms with Crippen molar-refractivity contribution in [3.63, 3.8) is 0 Å². The molecule has 2 N–H and O–H groups in total. The zero-order valence-corrected chi connectivity index (χ0v) is 19.2. The molecule has 7 heteroatoms. The van der Waals surface area contributed by atoms with Gasteiger partial charge in [-0.3, -0.25) is 9.69 Å². The van der Waals surface area contributed by atoms with Gasteiger partial charge in [0.25, 0.3) is 5.91 Å². The quantitative estimate of drug-likeness (QED) is 0.653. The lowest BCUT2D eigenvalue weighted by molar-refractivity contribution is -0.116. The van der Waals surface area contributed by atoms with Gasteiger partial charge in [0.2, 0.25) is 0 Å². The van der Waals surface area contributed by atoms with Crippen molar-refractivity contribution in [2.24, 2.45) is 5.10 Å². The molecule has 1 aliphatic carbocycles. The Balaban J connectivity index is 1.40. The third-order valence-corrected chi connectivity index (χ3v) is 7.27. The van der Waals surface area contributed by atoms with E-state index in [9.17, 15) is 4.79 Å². The Bertz CT molecular complexity index is 1060. The minimum Gasteiger partial charge on any atom is -0.359 e. The summed E-state index contributed by atoms with van der Waals surface area (Å²) in [6, 6.07) is 3.22. The molecule has 1 saturated carbocycles. The molecule has 0 radical (unpaired) electrons. The molecule has 0 spiro atoms. The molecule has 4 heterocycles. The number of amides is 1. The fourth-order valence-corrected chi connectivity index (χ4v) is 5.38. The van der Waals surface area contributed by atoms with E-state index in [0.717, 1.165) is 24.2 Å². The summed E-state index contributed by atoms with van der Waals surface area (Å²) in [4.78, 5) is 18.8. The molecule has 2 aromatic rings. The number of aryl methyl sites for hydroxylation is 1. The lowest BCUT2D eigenvalue weighted by atomic mass is 9.97. The fraction of sp³-hybridized carbons (Fsp3) is 0.520. The number of nitrogens with zero attached hydrogens (tertiary/aromatic N) is 4. The number of hydrazone groups is 1. The van der Waals surface area contributed by atoms with Crippen molar-refractivity contribution >= 4 is 17.7 Å². The van der Waals surface area contributed by atoms with Gasteiger partial charge in [-0.05, 0) is 95.0 Å². The zero-order valence-electron chi connectivity index (χ0n) is 19.2. The second kappa shape index (κ2) is 8.62. The molecule has 1 amide bonds. The van der Waals surface area contributed by atoms with E-state index in [0.29, 0.717) is 29.3 Å². The van der Waals surface area contributed by atoms with E-state index >= 15 is 0 Å². The van der Waals surface area contributed by atoms with Crippen LogP contribution in [0.2, 0.25) is 0 Å². The van der Waals surface area contributed by atoms with E-state index in [2.05, 4.69) is 51.4 Å². The van der Waals surface area contributed by atoms with Crippen LogP contribution in [-0.4, -0.2) is 50.3 Å². The van der Waals surface area contributed by atoms with Crippen LogP contribution in [0.15, 0.2) is 29.1 Å². The molecule has 168 valence electrons. The normalized spacial score (nSPS) is 24.9. The number of carbonyl (C=O) groups excluding carboxylic acids is 1. The van der Waals surface area contributed by atoms with Crippen LogP contribution >= 0.6 is 0 Å². The van der Waals surface area contributed by atoms with Crippen LogP contribution in [0.4, 0.5) is 0 Å². The van der Waals surface area contributed by atoms with Crippen molar-refractivity contribution < 1.29 is 4.79 Å². The molecular formula is C25H32N6O. The first-order valence-electron chi connectivity index (χ1n) is 11.9. The second-order valence-corrected chi connectivity index (χ2v) is 9.54. The van der Waals surface area contributed by atoms with Gasteiger partial charge in [0.05, 0.1) is 18.0 Å². The lowest BCUT2D eigenvalue weighted by Crippen LogP contribution is -2.33. The topological polar surface area (TPSA) is 86.3 Å². The smallest absolute Gasteiger partial charge is 0.273 e. The van der Waals surface area contributed by atoms with E-state index < -0.39 is 0 Å². The van der Waals surface area contributed by atoms with Crippen molar-refractivity contribution in [3.05, 3.63) is 52.1 Å². The number of likely N-dealkylation sites (tertiary alicyclic amines) is 1. The van der Waals surface area contributed by atoms with E-state index in [1.165, 1.54) is 48.9 Å². The molecule has 2 atom stereocenters. The Morgan fingerprint density at radius 2 is 1.94 bits per heavy atom. The van der Waals surface area contributed by atoms with Crippen LogP contribution < -0.4 is 5.43 Å². The highest BCUT2D eigenvalue weighted by Crippen LogP contribution is 2.45. The van der Waals surface area contributed by atoms with Crippen molar-refractivity contribution in [2.45, 2.75) is 77.3 Å². The molecule has 2 aliphatic heterocycles. The Labute approximate surface area is 189 Å². The predicted molar refractivity (Wildman–Crippen MR) is 125 cm³/mol. The summed E-state index contributed by atoms with van der Waals surface area (Å²) < 4.78 is 0. The van der Waals surface area contributed by atoms with Gasteiger partial charge in [-0.25, -0.2) is 5.43 Å². The van der Waals surface area contributed by atoms with Crippen LogP contribution in [0.25, 0.3) is 6.08 Å². The Morgan fingerprint density at radius 1 is 1.16 bits per heavy atom. The molecule has 7 nitrogen and oxygen atoms in total. The van der Waals surface area contributed by atoms with Crippen molar-refractivity contribution in [1.29, 1.82) is 0 Å². The average Bonchev–Trinajstić information content (AvgIpc) is 3.40. The highest BCUT2D eigenvalue weighted by Gasteiger charge is 2.32. The molecule has 2 unspecified atom stereocenters. The summed E-state index contributed by atoms with van der Waals surface area (Å²) in [5, 5.41) is 12.0. The molecule has 32 heavy (non-hydrogen) atoms. The molecule has 3 aliphatic rings. The van der Waals surface area contributed by atoms with Gasteiger partial charge in [-0.2, -0.15) is 15.3 Å². The predicted octanol–water partition coefficient (Wildman–Crippen LogP) is 3.71. The van der Waals surface area contributed by atoms with Gasteiger partial charge in [-0.1, -0.05) is 0 Å². The number of rotatable bonds is 7. The van der Waals surface area contributed by atoms with Crippen molar-refractivity contribution in [3.8, 4) is 0 Å². The first kappa shape index (κ1) is 21.1. The highest BCUT2D eigenvalue weighted by molar-refractivity contribution is 6.33. The summed E-state index contributed by atoms with van der Waals surface area (Å²) in [5.41, 5.74) is 9.74. The van der Waals surface area contributed by atoms with Gasteiger partial charge in [0.1, 0.15) is 5.71 Å². The Morgan fingerprint density at radius 3 is 2.62 bits per heavy atom.